The predicted molar refractivity (Wildman–Crippen MR) is 82.5 cm³/mol. The molecule has 0 heterocycles. The van der Waals surface area contributed by atoms with Gasteiger partial charge in [-0.15, -0.1) is 0 Å². The molecule has 1 nitrogen and oxygen atoms in total. The van der Waals surface area contributed by atoms with Crippen LogP contribution in [-0.2, 0) is 4.52 Å². The van der Waals surface area contributed by atoms with Crippen LogP contribution in [0.15, 0.2) is 60.7 Å². The summed E-state index contributed by atoms with van der Waals surface area (Å²) in [6.45, 7) is 4.87. The molecule has 0 amide bonds. The van der Waals surface area contributed by atoms with Crippen LogP contribution in [0.4, 0.5) is 0 Å². The molecule has 0 radical (unpaired) electrons. The summed E-state index contributed by atoms with van der Waals surface area (Å²) in [5.74, 6) is 0. The van der Waals surface area contributed by atoms with Crippen molar-refractivity contribution >= 4 is 17.4 Å². The molecule has 2 rings (SSSR count). The molecule has 96 valence electrons. The second-order valence-corrected chi connectivity index (χ2v) is 10.4. The summed E-state index contributed by atoms with van der Waals surface area (Å²) in [7, 11) is 0. The molecule has 2 heteroatoms. The van der Waals surface area contributed by atoms with Crippen molar-refractivity contribution in [2.45, 2.75) is 6.92 Å². The second kappa shape index (κ2) is 4.84. The molecule has 0 atom stereocenters. The number of benzene rings is 2. The van der Waals surface area contributed by atoms with Gasteiger partial charge >= 0.3 is 109 Å². The predicted octanol–water partition coefficient (Wildman–Crippen LogP) is 3.40. The van der Waals surface area contributed by atoms with E-state index in [1.54, 1.807) is 0 Å². The van der Waals surface area contributed by atoms with E-state index in [0.717, 1.165) is 6.61 Å². The summed E-state index contributed by atoms with van der Waals surface area (Å²) in [5.41, 5.74) is 0. The van der Waals surface area contributed by atoms with Crippen molar-refractivity contribution in [3.8, 4) is 0 Å². The van der Waals surface area contributed by atoms with E-state index in [0.29, 0.717) is 0 Å². The first kappa shape index (κ1) is 13.3. The quantitative estimate of drug-likeness (QED) is 0.766. The van der Waals surface area contributed by atoms with Gasteiger partial charge in [-0.25, -0.2) is 0 Å². The summed E-state index contributed by atoms with van der Waals surface area (Å²) >= 11 is 0. The molecule has 0 fully saturated rings. The van der Waals surface area contributed by atoms with E-state index in [-0.39, 0.29) is 0 Å². The Bertz CT molecular complexity index is 462. The molecule has 0 saturated carbocycles. The minimum absolute atomic E-state index is 0.731. The average molecular weight is 260 g/mol. The molecule has 0 aliphatic rings. The Hall–Kier alpha value is -1.17. The molecule has 0 spiro atoms. The van der Waals surface area contributed by atoms with E-state index in [2.05, 4.69) is 80.9 Å². The first-order chi connectivity index (χ1) is 8.57. The topological polar surface area (TPSA) is 9.23 Å². The minimum atomic E-state index is -2.49. The SMILES string of the molecule is CCOP(C)(C)(c1ccccc1)c1ccccc1. The van der Waals surface area contributed by atoms with Gasteiger partial charge in [0.05, 0.1) is 0 Å². The van der Waals surface area contributed by atoms with E-state index in [9.17, 15) is 0 Å². The summed E-state index contributed by atoms with van der Waals surface area (Å²) < 4.78 is 6.32. The Morgan fingerprint density at radius 2 is 1.17 bits per heavy atom. The summed E-state index contributed by atoms with van der Waals surface area (Å²) in [5, 5.41) is 2.60. The first-order valence-electron chi connectivity index (χ1n) is 6.34. The van der Waals surface area contributed by atoms with Gasteiger partial charge in [-0.2, -0.15) is 0 Å². The van der Waals surface area contributed by atoms with E-state index >= 15 is 0 Å². The Morgan fingerprint density at radius 1 is 0.778 bits per heavy atom. The van der Waals surface area contributed by atoms with Crippen molar-refractivity contribution < 1.29 is 4.52 Å². The zero-order valence-electron chi connectivity index (χ0n) is 11.3. The molecule has 0 bridgehead atoms. The normalized spacial score (nSPS) is 13.8. The molecule has 0 aliphatic carbocycles. The van der Waals surface area contributed by atoms with E-state index in [4.69, 9.17) is 4.52 Å². The van der Waals surface area contributed by atoms with Gasteiger partial charge in [-0.3, -0.25) is 0 Å². The van der Waals surface area contributed by atoms with Gasteiger partial charge in [0.15, 0.2) is 0 Å². The van der Waals surface area contributed by atoms with E-state index < -0.39 is 6.83 Å². The number of hydrogen-bond acceptors (Lipinski definition) is 1. The fraction of sp³-hybridized carbons (Fsp3) is 0.250. The van der Waals surface area contributed by atoms with Crippen LogP contribution in [0.1, 0.15) is 6.92 Å². The van der Waals surface area contributed by atoms with Gasteiger partial charge in [0.2, 0.25) is 0 Å². The Kier molecular flexibility index (Phi) is 3.56. The van der Waals surface area contributed by atoms with Crippen molar-refractivity contribution in [2.75, 3.05) is 19.9 Å². The van der Waals surface area contributed by atoms with Crippen LogP contribution in [0.2, 0.25) is 0 Å². The Balaban J connectivity index is 2.63. The summed E-state index contributed by atoms with van der Waals surface area (Å²) in [6, 6.07) is 21.2. The van der Waals surface area contributed by atoms with Gasteiger partial charge in [0.1, 0.15) is 0 Å². The third-order valence-electron chi connectivity index (χ3n) is 3.53. The van der Waals surface area contributed by atoms with Gasteiger partial charge in [0, 0.05) is 0 Å². The molecule has 0 unspecified atom stereocenters. The molecule has 0 aliphatic heterocycles. The Labute approximate surface area is 110 Å². The van der Waals surface area contributed by atoms with Gasteiger partial charge in [-0.05, 0) is 0 Å². The van der Waals surface area contributed by atoms with Crippen molar-refractivity contribution in [2.24, 2.45) is 0 Å². The molecular weight excluding hydrogens is 239 g/mol. The van der Waals surface area contributed by atoms with Gasteiger partial charge in [-0.1, -0.05) is 0 Å². The fourth-order valence-corrected chi connectivity index (χ4v) is 5.86. The van der Waals surface area contributed by atoms with Crippen LogP contribution in [0.25, 0.3) is 0 Å². The van der Waals surface area contributed by atoms with E-state index in [1.165, 1.54) is 10.6 Å². The first-order valence-corrected chi connectivity index (χ1v) is 9.39. The third-order valence-corrected chi connectivity index (χ3v) is 8.16. The zero-order valence-corrected chi connectivity index (χ0v) is 12.2. The van der Waals surface area contributed by atoms with E-state index in [1.807, 2.05) is 0 Å². The molecule has 2 aromatic rings. The summed E-state index contributed by atoms with van der Waals surface area (Å²) in [4.78, 5) is 0. The van der Waals surface area contributed by atoms with Crippen LogP contribution in [-0.4, -0.2) is 19.9 Å². The number of rotatable bonds is 4. The Morgan fingerprint density at radius 3 is 1.50 bits per heavy atom. The molecule has 0 aromatic heterocycles. The standard InChI is InChI=1S/C16H21OP/c1-4-17-18(2,3,15-11-7-5-8-12-15)16-13-9-6-10-14-16/h5-14H,4H2,1-3H3. The van der Waals surface area contributed by atoms with Gasteiger partial charge in [0.25, 0.3) is 0 Å². The molecule has 0 saturated heterocycles. The van der Waals surface area contributed by atoms with Crippen molar-refractivity contribution in [1.29, 1.82) is 0 Å². The molecule has 2 aromatic carbocycles. The monoisotopic (exact) mass is 260 g/mol. The second-order valence-electron chi connectivity index (χ2n) is 5.09. The maximum absolute atomic E-state index is 6.32. The van der Waals surface area contributed by atoms with Crippen LogP contribution < -0.4 is 10.6 Å². The van der Waals surface area contributed by atoms with Crippen molar-refractivity contribution in [3.05, 3.63) is 60.7 Å². The zero-order chi connectivity index (χ0) is 13.1. The number of hydrogen-bond donors (Lipinski definition) is 0. The third kappa shape index (κ3) is 2.21. The van der Waals surface area contributed by atoms with Crippen LogP contribution in [0.5, 0.6) is 0 Å². The van der Waals surface area contributed by atoms with Crippen molar-refractivity contribution in [1.82, 2.24) is 0 Å². The molecule has 0 N–H and O–H groups in total. The van der Waals surface area contributed by atoms with Gasteiger partial charge < -0.3 is 0 Å². The van der Waals surface area contributed by atoms with Crippen LogP contribution >= 0.6 is 6.83 Å². The average Bonchev–Trinajstić information content (AvgIpc) is 2.41. The maximum atomic E-state index is 6.32. The fourth-order valence-electron chi connectivity index (χ4n) is 2.41. The molecular formula is C16H21OP. The van der Waals surface area contributed by atoms with Crippen LogP contribution in [0, 0.1) is 0 Å². The summed E-state index contributed by atoms with van der Waals surface area (Å²) in [6.07, 6.45) is 0. The molecule has 18 heavy (non-hydrogen) atoms. The van der Waals surface area contributed by atoms with Crippen LogP contribution in [0.3, 0.4) is 0 Å². The van der Waals surface area contributed by atoms with Crippen molar-refractivity contribution in [3.63, 3.8) is 0 Å².